The summed E-state index contributed by atoms with van der Waals surface area (Å²) in [5, 5.41) is 0. The third-order valence-corrected chi connectivity index (χ3v) is 4.73. The van der Waals surface area contributed by atoms with Crippen molar-refractivity contribution >= 4 is 22.9 Å². The molecule has 0 spiro atoms. The van der Waals surface area contributed by atoms with E-state index in [0.717, 1.165) is 39.6 Å². The second-order valence-corrected chi connectivity index (χ2v) is 5.57. The van der Waals surface area contributed by atoms with Crippen LogP contribution in [0.3, 0.4) is 0 Å². The third-order valence-electron chi connectivity index (χ3n) is 3.72. The van der Waals surface area contributed by atoms with Gasteiger partial charge in [-0.3, -0.25) is 0 Å². The van der Waals surface area contributed by atoms with Crippen LogP contribution in [0.5, 0.6) is 0 Å². The number of hydrogen-bond donors (Lipinski definition) is 0. The van der Waals surface area contributed by atoms with Crippen molar-refractivity contribution in [1.29, 1.82) is 0 Å². The van der Waals surface area contributed by atoms with E-state index in [0.29, 0.717) is 0 Å². The van der Waals surface area contributed by atoms with Gasteiger partial charge in [-0.15, -0.1) is 0 Å². The number of rotatable bonds is 4. The Morgan fingerprint density at radius 2 is 0.810 bits per heavy atom. The molecule has 0 aliphatic carbocycles. The zero-order chi connectivity index (χ0) is 14.5. The average Bonchev–Trinajstić information content (AvgIpc) is 2.59. The van der Waals surface area contributed by atoms with Crippen LogP contribution in [0, 0.1) is 0 Å². The van der Waals surface area contributed by atoms with Gasteiger partial charge in [0.2, 0.25) is 0 Å². The molecular formula is C19H16OSn. The van der Waals surface area contributed by atoms with E-state index < -0.39 is 5.60 Å². The Labute approximate surface area is 139 Å². The topological polar surface area (TPSA) is 9.23 Å². The molecule has 0 N–H and O–H groups in total. The maximum absolute atomic E-state index is 6.23. The van der Waals surface area contributed by atoms with Crippen molar-refractivity contribution in [2.45, 2.75) is 5.60 Å². The van der Waals surface area contributed by atoms with Gasteiger partial charge >= 0.3 is 139 Å². The van der Waals surface area contributed by atoms with Crippen LogP contribution in [0.25, 0.3) is 0 Å². The van der Waals surface area contributed by atoms with Crippen LogP contribution >= 0.6 is 0 Å². The van der Waals surface area contributed by atoms with Crippen molar-refractivity contribution in [3.05, 3.63) is 108 Å². The molecule has 3 aromatic carbocycles. The Bertz CT molecular complexity index is 584. The van der Waals surface area contributed by atoms with Crippen molar-refractivity contribution in [3.63, 3.8) is 0 Å². The monoisotopic (exact) mass is 380 g/mol. The summed E-state index contributed by atoms with van der Waals surface area (Å²) < 4.78 is 6.23. The van der Waals surface area contributed by atoms with Gasteiger partial charge in [0.05, 0.1) is 0 Å². The van der Waals surface area contributed by atoms with E-state index in [2.05, 4.69) is 72.8 Å². The molecule has 0 fully saturated rings. The summed E-state index contributed by atoms with van der Waals surface area (Å²) in [4.78, 5) is 0. The summed E-state index contributed by atoms with van der Waals surface area (Å²) in [7, 11) is 0. The van der Waals surface area contributed by atoms with Crippen LogP contribution in [0.1, 0.15) is 16.7 Å². The van der Waals surface area contributed by atoms with Crippen LogP contribution < -0.4 is 0 Å². The molecule has 0 aliphatic rings. The molecule has 0 atom stereocenters. The second-order valence-electron chi connectivity index (χ2n) is 4.90. The molecule has 3 rings (SSSR count). The molecule has 3 aromatic rings. The van der Waals surface area contributed by atoms with Gasteiger partial charge < -0.3 is 0 Å². The number of hydrogen-bond acceptors (Lipinski definition) is 1. The van der Waals surface area contributed by atoms with Gasteiger partial charge in [0, 0.05) is 0 Å². The van der Waals surface area contributed by atoms with Crippen LogP contribution in [-0.2, 0) is 8.68 Å². The van der Waals surface area contributed by atoms with Gasteiger partial charge in [-0.05, 0) is 0 Å². The average molecular weight is 379 g/mol. The summed E-state index contributed by atoms with van der Waals surface area (Å²) in [6.07, 6.45) is 0. The number of benzene rings is 3. The predicted molar refractivity (Wildman–Crippen MR) is 87.4 cm³/mol. The fourth-order valence-corrected chi connectivity index (χ4v) is 3.89. The molecule has 102 valence electrons. The van der Waals surface area contributed by atoms with Crippen LogP contribution in [0.15, 0.2) is 91.0 Å². The van der Waals surface area contributed by atoms with Crippen molar-refractivity contribution in [3.8, 4) is 0 Å². The Morgan fingerprint density at radius 3 is 1.05 bits per heavy atom. The first-order chi connectivity index (χ1) is 10.4. The molecular weight excluding hydrogens is 363 g/mol. The van der Waals surface area contributed by atoms with Crippen LogP contribution in [-0.4, -0.2) is 22.9 Å². The van der Waals surface area contributed by atoms with Gasteiger partial charge in [-0.1, -0.05) is 0 Å². The Hall–Kier alpha value is -1.58. The molecule has 0 bridgehead atoms. The predicted octanol–water partition coefficient (Wildman–Crippen LogP) is 3.81. The van der Waals surface area contributed by atoms with E-state index in [1.54, 1.807) is 0 Å². The Balaban J connectivity index is 2.29. The summed E-state index contributed by atoms with van der Waals surface area (Å²) in [6.45, 7) is 0. The van der Waals surface area contributed by atoms with Gasteiger partial charge in [-0.25, -0.2) is 0 Å². The summed E-state index contributed by atoms with van der Waals surface area (Å²) >= 11 is 0.722. The Morgan fingerprint density at radius 1 is 0.524 bits per heavy atom. The van der Waals surface area contributed by atoms with Crippen LogP contribution in [0.4, 0.5) is 0 Å². The first-order valence-corrected chi connectivity index (χ1v) is 8.27. The van der Waals surface area contributed by atoms with Crippen LogP contribution in [0.2, 0.25) is 0 Å². The summed E-state index contributed by atoms with van der Waals surface area (Å²) in [5.74, 6) is 0. The fraction of sp³-hybridized carbons (Fsp3) is 0.0526. The SMILES string of the molecule is [SnH][O]C(c1ccccc1)(c1ccccc1)c1ccccc1. The standard InChI is InChI=1S/C19H15O.Sn.H/c20-19(16-10-4-1-5-11-16,17-12-6-2-7-13-17)18-14-8-3-9-15-18;;/h1-15H;;/q-1;+1;. The quantitative estimate of drug-likeness (QED) is 0.495. The van der Waals surface area contributed by atoms with Crippen molar-refractivity contribution in [2.75, 3.05) is 0 Å². The third kappa shape index (κ3) is 2.63. The first kappa shape index (κ1) is 14.4. The molecule has 1 nitrogen and oxygen atoms in total. The van der Waals surface area contributed by atoms with E-state index in [-0.39, 0.29) is 0 Å². The van der Waals surface area contributed by atoms with E-state index in [1.807, 2.05) is 18.2 Å². The molecule has 2 radical (unpaired) electrons. The van der Waals surface area contributed by atoms with Crippen molar-refractivity contribution in [1.82, 2.24) is 0 Å². The molecule has 21 heavy (non-hydrogen) atoms. The maximum atomic E-state index is 6.23. The molecule has 0 heterocycles. The van der Waals surface area contributed by atoms with Gasteiger partial charge in [-0.2, -0.15) is 0 Å². The van der Waals surface area contributed by atoms with Gasteiger partial charge in [0.25, 0.3) is 0 Å². The minimum absolute atomic E-state index is 0.522. The fourth-order valence-electron chi connectivity index (χ4n) is 2.72. The molecule has 0 unspecified atom stereocenters. The normalized spacial score (nSPS) is 11.3. The van der Waals surface area contributed by atoms with Gasteiger partial charge in [0.15, 0.2) is 0 Å². The molecule has 0 amide bonds. The van der Waals surface area contributed by atoms with Gasteiger partial charge in [0.1, 0.15) is 0 Å². The van der Waals surface area contributed by atoms with Crippen molar-refractivity contribution in [2.24, 2.45) is 0 Å². The van der Waals surface area contributed by atoms with Crippen molar-refractivity contribution < 1.29 is 3.07 Å². The molecule has 0 aromatic heterocycles. The minimum atomic E-state index is -0.522. The van der Waals surface area contributed by atoms with E-state index >= 15 is 0 Å². The molecule has 0 saturated heterocycles. The summed E-state index contributed by atoms with van der Waals surface area (Å²) in [6, 6.07) is 31.3. The van der Waals surface area contributed by atoms with E-state index in [1.165, 1.54) is 0 Å². The van der Waals surface area contributed by atoms with E-state index in [9.17, 15) is 0 Å². The molecule has 0 aliphatic heterocycles. The van der Waals surface area contributed by atoms with E-state index in [4.69, 9.17) is 3.07 Å². The zero-order valence-corrected chi connectivity index (χ0v) is 14.9. The zero-order valence-electron chi connectivity index (χ0n) is 11.6. The molecule has 2 heteroatoms. The summed E-state index contributed by atoms with van der Waals surface area (Å²) in [5.41, 5.74) is 2.96. The Kier molecular flexibility index (Phi) is 4.42. The first-order valence-electron chi connectivity index (χ1n) is 6.92. The molecule has 0 saturated carbocycles. The second kappa shape index (κ2) is 6.46.